The number of fused-ring (bicyclic) bond motifs is 1. The van der Waals surface area contributed by atoms with Crippen molar-refractivity contribution in [1.82, 2.24) is 14.8 Å². The molecule has 0 aliphatic carbocycles. The average Bonchev–Trinajstić information content (AvgIpc) is 3.19. The molecule has 0 saturated carbocycles. The van der Waals surface area contributed by atoms with Crippen LogP contribution >= 0.6 is 11.8 Å². The van der Waals surface area contributed by atoms with Crippen LogP contribution in [0.15, 0.2) is 60.3 Å². The number of aromatic nitrogens is 3. The number of thioether (sulfide) groups is 1. The van der Waals surface area contributed by atoms with Crippen molar-refractivity contribution in [1.29, 1.82) is 0 Å². The van der Waals surface area contributed by atoms with Crippen LogP contribution in [0.5, 0.6) is 17.2 Å². The molecular formula is C23H23FN4O4S. The number of halogens is 1. The molecule has 0 bridgehead atoms. The fourth-order valence-electron chi connectivity index (χ4n) is 3.11. The van der Waals surface area contributed by atoms with E-state index >= 15 is 0 Å². The lowest BCUT2D eigenvalue weighted by molar-refractivity contribution is -0.115. The van der Waals surface area contributed by atoms with Crippen LogP contribution in [-0.4, -0.2) is 39.1 Å². The molecule has 0 radical (unpaired) electrons. The lowest BCUT2D eigenvalue weighted by Gasteiger charge is -2.19. The van der Waals surface area contributed by atoms with Gasteiger partial charge in [-0.1, -0.05) is 30.0 Å². The SMILES string of the molecule is C=CCn1c(COc2ccccc2F)nnc1SC(C)C(=O)Nc1ccc2c(c1)OCCO2. The molecule has 0 fully saturated rings. The Morgan fingerprint density at radius 1 is 1.27 bits per heavy atom. The minimum atomic E-state index is -0.466. The Morgan fingerprint density at radius 2 is 2.06 bits per heavy atom. The van der Waals surface area contributed by atoms with E-state index in [4.69, 9.17) is 14.2 Å². The maximum absolute atomic E-state index is 13.8. The van der Waals surface area contributed by atoms with Gasteiger partial charge in [0, 0.05) is 18.3 Å². The molecule has 1 aliphatic rings. The number of hydrogen-bond acceptors (Lipinski definition) is 7. The van der Waals surface area contributed by atoms with E-state index in [2.05, 4.69) is 22.1 Å². The number of benzene rings is 2. The fourth-order valence-corrected chi connectivity index (χ4v) is 3.98. The Labute approximate surface area is 194 Å². The van der Waals surface area contributed by atoms with Gasteiger partial charge in [0.2, 0.25) is 5.91 Å². The maximum atomic E-state index is 13.8. The summed E-state index contributed by atoms with van der Waals surface area (Å²) in [5, 5.41) is 11.3. The van der Waals surface area contributed by atoms with E-state index in [0.29, 0.717) is 47.9 Å². The molecule has 1 aliphatic heterocycles. The maximum Gasteiger partial charge on any atom is 0.237 e. The van der Waals surface area contributed by atoms with Crippen molar-refractivity contribution in [3.05, 3.63) is 66.8 Å². The second-order valence-corrected chi connectivity index (χ2v) is 8.43. The molecule has 33 heavy (non-hydrogen) atoms. The number of carbonyl (C=O) groups excluding carboxylic acids is 1. The lowest BCUT2D eigenvalue weighted by Crippen LogP contribution is -2.23. The van der Waals surface area contributed by atoms with Gasteiger partial charge in [0.1, 0.15) is 19.8 Å². The second kappa shape index (κ2) is 10.4. The van der Waals surface area contributed by atoms with Crippen molar-refractivity contribution in [2.75, 3.05) is 18.5 Å². The highest BCUT2D eigenvalue weighted by atomic mass is 32.2. The van der Waals surface area contributed by atoms with Crippen molar-refractivity contribution in [2.45, 2.75) is 30.5 Å². The number of ether oxygens (including phenoxy) is 3. The van der Waals surface area contributed by atoms with Crippen molar-refractivity contribution in [3.63, 3.8) is 0 Å². The van der Waals surface area contributed by atoms with E-state index in [1.54, 1.807) is 54.0 Å². The van der Waals surface area contributed by atoms with Crippen molar-refractivity contribution < 1.29 is 23.4 Å². The monoisotopic (exact) mass is 470 g/mol. The zero-order valence-corrected chi connectivity index (χ0v) is 18.8. The van der Waals surface area contributed by atoms with Gasteiger partial charge in [0.05, 0.1) is 5.25 Å². The highest BCUT2D eigenvalue weighted by molar-refractivity contribution is 8.00. The Hall–Kier alpha value is -3.53. The summed E-state index contributed by atoms with van der Waals surface area (Å²) in [7, 11) is 0. The average molecular weight is 471 g/mol. The Morgan fingerprint density at radius 3 is 2.85 bits per heavy atom. The lowest BCUT2D eigenvalue weighted by atomic mass is 10.2. The quantitative estimate of drug-likeness (QED) is 0.373. The van der Waals surface area contributed by atoms with E-state index in [-0.39, 0.29) is 18.3 Å². The third kappa shape index (κ3) is 5.46. The Bertz CT molecular complexity index is 1150. The molecule has 1 atom stereocenters. The molecule has 2 aromatic carbocycles. The summed E-state index contributed by atoms with van der Waals surface area (Å²) >= 11 is 1.26. The highest BCUT2D eigenvalue weighted by Crippen LogP contribution is 2.33. The van der Waals surface area contributed by atoms with Crippen molar-refractivity contribution in [3.8, 4) is 17.2 Å². The highest BCUT2D eigenvalue weighted by Gasteiger charge is 2.21. The number of rotatable bonds is 9. The first-order valence-corrected chi connectivity index (χ1v) is 11.2. The van der Waals surface area contributed by atoms with Gasteiger partial charge in [-0.3, -0.25) is 9.36 Å². The molecule has 10 heteroatoms. The topological polar surface area (TPSA) is 87.5 Å². The van der Waals surface area contributed by atoms with Gasteiger partial charge >= 0.3 is 0 Å². The largest absolute Gasteiger partial charge is 0.486 e. The van der Waals surface area contributed by atoms with Crippen LogP contribution in [0.1, 0.15) is 12.7 Å². The molecule has 1 aromatic heterocycles. The number of nitrogens with one attached hydrogen (secondary N) is 1. The van der Waals surface area contributed by atoms with E-state index in [9.17, 15) is 9.18 Å². The molecule has 172 valence electrons. The fraction of sp³-hybridized carbons (Fsp3) is 0.261. The number of para-hydroxylation sites is 1. The minimum Gasteiger partial charge on any atom is -0.486 e. The number of carbonyl (C=O) groups is 1. The van der Waals surface area contributed by atoms with Crippen LogP contribution in [0, 0.1) is 5.82 Å². The van der Waals surface area contributed by atoms with Crippen LogP contribution in [0.25, 0.3) is 0 Å². The molecular weight excluding hydrogens is 447 g/mol. The summed E-state index contributed by atoms with van der Waals surface area (Å²) < 4.78 is 32.2. The summed E-state index contributed by atoms with van der Waals surface area (Å²) in [4.78, 5) is 12.8. The third-order valence-corrected chi connectivity index (χ3v) is 5.84. The molecule has 3 aromatic rings. The standard InChI is InChI=1S/C23H23FN4O4S/c1-3-10-28-21(14-32-18-7-5-4-6-17(18)24)26-27-23(28)33-15(2)22(29)25-16-8-9-19-20(13-16)31-12-11-30-19/h3-9,13,15H,1,10-12,14H2,2H3,(H,25,29). The van der Waals surface area contributed by atoms with Gasteiger partial charge in [-0.2, -0.15) is 0 Å². The van der Waals surface area contributed by atoms with Crippen LogP contribution in [-0.2, 0) is 17.9 Å². The van der Waals surface area contributed by atoms with Gasteiger partial charge in [0.25, 0.3) is 0 Å². The van der Waals surface area contributed by atoms with Gasteiger partial charge in [-0.25, -0.2) is 4.39 Å². The predicted molar refractivity (Wildman–Crippen MR) is 122 cm³/mol. The second-order valence-electron chi connectivity index (χ2n) is 7.12. The zero-order valence-electron chi connectivity index (χ0n) is 18.0. The summed E-state index contributed by atoms with van der Waals surface area (Å²) in [6.45, 7) is 6.97. The molecule has 4 rings (SSSR count). The van der Waals surface area contributed by atoms with Crippen molar-refractivity contribution in [2.24, 2.45) is 0 Å². The molecule has 0 spiro atoms. The Kier molecular flexibility index (Phi) is 7.13. The number of hydrogen-bond donors (Lipinski definition) is 1. The first-order valence-electron chi connectivity index (χ1n) is 10.3. The van der Waals surface area contributed by atoms with Crippen LogP contribution < -0.4 is 19.5 Å². The van der Waals surface area contributed by atoms with E-state index in [1.807, 2.05) is 0 Å². The van der Waals surface area contributed by atoms with Crippen LogP contribution in [0.2, 0.25) is 0 Å². The van der Waals surface area contributed by atoms with Crippen LogP contribution in [0.3, 0.4) is 0 Å². The normalized spacial score (nSPS) is 13.3. The summed E-state index contributed by atoms with van der Waals surface area (Å²) in [5.41, 5.74) is 0.614. The molecule has 8 nitrogen and oxygen atoms in total. The van der Waals surface area contributed by atoms with Gasteiger partial charge in [0.15, 0.2) is 34.0 Å². The van der Waals surface area contributed by atoms with Gasteiger partial charge in [-0.15, -0.1) is 16.8 Å². The zero-order chi connectivity index (χ0) is 23.2. The number of anilines is 1. The van der Waals surface area contributed by atoms with Gasteiger partial charge < -0.3 is 19.5 Å². The first-order chi connectivity index (χ1) is 16.0. The van der Waals surface area contributed by atoms with Gasteiger partial charge in [-0.05, 0) is 31.2 Å². The Balaban J connectivity index is 1.41. The number of allylic oxidation sites excluding steroid dienone is 1. The molecule has 1 unspecified atom stereocenters. The number of amides is 1. The summed E-state index contributed by atoms with van der Waals surface area (Å²) in [5.74, 6) is 1.24. The van der Waals surface area contributed by atoms with Crippen LogP contribution in [0.4, 0.5) is 10.1 Å². The summed E-state index contributed by atoms with van der Waals surface area (Å²) in [6.07, 6.45) is 1.69. The molecule has 2 heterocycles. The van der Waals surface area contributed by atoms with E-state index in [0.717, 1.165) is 0 Å². The van der Waals surface area contributed by atoms with E-state index in [1.165, 1.54) is 17.8 Å². The smallest absolute Gasteiger partial charge is 0.237 e. The third-order valence-electron chi connectivity index (χ3n) is 4.76. The molecule has 1 N–H and O–H groups in total. The van der Waals surface area contributed by atoms with E-state index < -0.39 is 11.1 Å². The first kappa shape index (κ1) is 22.7. The van der Waals surface area contributed by atoms with Crippen molar-refractivity contribution >= 4 is 23.4 Å². The predicted octanol–water partition coefficient (Wildman–Crippen LogP) is 4.07. The summed E-state index contributed by atoms with van der Waals surface area (Å²) in [6, 6.07) is 11.4. The number of nitrogens with zero attached hydrogens (tertiary/aromatic N) is 3. The minimum absolute atomic E-state index is 0.0279. The molecule has 0 saturated heterocycles. The molecule has 1 amide bonds.